The van der Waals surface area contributed by atoms with E-state index in [2.05, 4.69) is 47.4 Å². The molecule has 3 aromatic rings. The van der Waals surface area contributed by atoms with Crippen LogP contribution in [0.5, 0.6) is 0 Å². The first kappa shape index (κ1) is 17.5. The van der Waals surface area contributed by atoms with Crippen molar-refractivity contribution >= 4 is 17.3 Å². The van der Waals surface area contributed by atoms with Crippen LogP contribution in [0.3, 0.4) is 0 Å². The lowest BCUT2D eigenvalue weighted by Crippen LogP contribution is -2.27. The number of hydrogen-bond donors (Lipinski definition) is 0. The van der Waals surface area contributed by atoms with Crippen LogP contribution >= 0.6 is 0 Å². The maximum atomic E-state index is 13.6. The van der Waals surface area contributed by atoms with Crippen molar-refractivity contribution in [2.75, 3.05) is 19.0 Å². The lowest BCUT2D eigenvalue weighted by atomic mass is 10.0. The third-order valence-corrected chi connectivity index (χ3v) is 5.00. The molecule has 0 atom stereocenters. The van der Waals surface area contributed by atoms with Gasteiger partial charge in [0.1, 0.15) is 0 Å². The fraction of sp³-hybridized carbons (Fsp3) is 0.208. The summed E-state index contributed by atoms with van der Waals surface area (Å²) in [5, 5.41) is 0. The van der Waals surface area contributed by atoms with E-state index in [0.29, 0.717) is 0 Å². The first-order valence-corrected chi connectivity index (χ1v) is 9.37. The number of benzene rings is 3. The van der Waals surface area contributed by atoms with E-state index in [4.69, 9.17) is 0 Å². The second kappa shape index (κ2) is 7.37. The molecule has 0 N–H and O–H groups in total. The van der Waals surface area contributed by atoms with E-state index >= 15 is 0 Å². The number of rotatable bonds is 3. The predicted octanol–water partition coefficient (Wildman–Crippen LogP) is 4.83. The highest BCUT2D eigenvalue weighted by molar-refractivity contribution is 6.12. The van der Waals surface area contributed by atoms with Crippen LogP contribution in [0.15, 0.2) is 72.8 Å². The molecule has 3 nitrogen and oxygen atoms in total. The minimum absolute atomic E-state index is 0.0254. The molecular weight excluding hydrogens is 332 g/mol. The van der Waals surface area contributed by atoms with Gasteiger partial charge in [0.25, 0.3) is 5.91 Å². The van der Waals surface area contributed by atoms with Gasteiger partial charge < -0.3 is 4.90 Å². The van der Waals surface area contributed by atoms with Crippen molar-refractivity contribution in [3.63, 3.8) is 0 Å². The van der Waals surface area contributed by atoms with Gasteiger partial charge in [-0.1, -0.05) is 48.5 Å². The second-order valence-corrected chi connectivity index (χ2v) is 7.34. The van der Waals surface area contributed by atoms with Crippen LogP contribution in [-0.4, -0.2) is 24.9 Å². The van der Waals surface area contributed by atoms with Crippen LogP contribution in [0.1, 0.15) is 27.0 Å². The minimum Gasteiger partial charge on any atom is -0.305 e. The van der Waals surface area contributed by atoms with Gasteiger partial charge >= 0.3 is 0 Å². The van der Waals surface area contributed by atoms with E-state index in [9.17, 15) is 4.79 Å². The molecule has 0 saturated carbocycles. The summed E-state index contributed by atoms with van der Waals surface area (Å²) in [7, 11) is 4.07. The molecule has 1 amide bonds. The summed E-state index contributed by atoms with van der Waals surface area (Å²) in [6.07, 6.45) is 1.88. The van der Waals surface area contributed by atoms with Crippen molar-refractivity contribution in [2.24, 2.45) is 0 Å². The van der Waals surface area contributed by atoms with Gasteiger partial charge in [-0.05, 0) is 67.9 Å². The topological polar surface area (TPSA) is 23.6 Å². The standard InChI is InChI=1S/C24H24N2O/c1-25(2)17-18-8-7-11-21(16-18)24(27)26-22-12-5-3-9-19(22)14-15-20-10-4-6-13-23(20)26/h3-13,16H,14-15,17H2,1-2H3. The Labute approximate surface area is 160 Å². The number of carbonyl (C=O) groups excluding carboxylic acids is 1. The monoisotopic (exact) mass is 356 g/mol. The zero-order valence-electron chi connectivity index (χ0n) is 15.9. The summed E-state index contributed by atoms with van der Waals surface area (Å²) >= 11 is 0. The van der Waals surface area contributed by atoms with Gasteiger partial charge in [-0.2, -0.15) is 0 Å². The molecule has 0 aliphatic carbocycles. The molecule has 0 fully saturated rings. The number of anilines is 2. The van der Waals surface area contributed by atoms with E-state index < -0.39 is 0 Å². The molecule has 27 heavy (non-hydrogen) atoms. The quantitative estimate of drug-likeness (QED) is 0.671. The molecule has 136 valence electrons. The van der Waals surface area contributed by atoms with Gasteiger partial charge in [-0.25, -0.2) is 0 Å². The number of aryl methyl sites for hydroxylation is 2. The van der Waals surface area contributed by atoms with E-state index in [0.717, 1.165) is 41.9 Å². The number of para-hydroxylation sites is 2. The van der Waals surface area contributed by atoms with Crippen molar-refractivity contribution in [1.29, 1.82) is 0 Å². The van der Waals surface area contributed by atoms with Gasteiger partial charge in [0.2, 0.25) is 0 Å². The van der Waals surface area contributed by atoms with Crippen molar-refractivity contribution < 1.29 is 4.79 Å². The molecule has 0 aromatic heterocycles. The number of amides is 1. The van der Waals surface area contributed by atoms with Crippen LogP contribution in [-0.2, 0) is 19.4 Å². The van der Waals surface area contributed by atoms with E-state index in [1.807, 2.05) is 49.3 Å². The molecule has 3 heteroatoms. The number of nitrogens with zero attached hydrogens (tertiary/aromatic N) is 2. The van der Waals surface area contributed by atoms with E-state index in [1.165, 1.54) is 11.1 Å². The summed E-state index contributed by atoms with van der Waals surface area (Å²) in [6, 6.07) is 24.5. The van der Waals surface area contributed by atoms with Crippen LogP contribution in [0, 0.1) is 0 Å². The van der Waals surface area contributed by atoms with E-state index in [1.54, 1.807) is 0 Å². The summed E-state index contributed by atoms with van der Waals surface area (Å²) < 4.78 is 0. The molecule has 0 spiro atoms. The smallest absolute Gasteiger partial charge is 0.262 e. The lowest BCUT2D eigenvalue weighted by Gasteiger charge is -2.25. The Morgan fingerprint density at radius 3 is 2.04 bits per heavy atom. The average Bonchev–Trinajstić information content (AvgIpc) is 2.84. The fourth-order valence-corrected chi connectivity index (χ4v) is 3.80. The molecule has 3 aromatic carbocycles. The highest BCUT2D eigenvalue weighted by atomic mass is 16.2. The van der Waals surface area contributed by atoms with Crippen LogP contribution in [0.4, 0.5) is 11.4 Å². The third kappa shape index (κ3) is 3.51. The summed E-state index contributed by atoms with van der Waals surface area (Å²) in [5.41, 5.74) is 6.28. The summed E-state index contributed by atoms with van der Waals surface area (Å²) in [4.78, 5) is 17.6. The molecule has 0 unspecified atom stereocenters. The highest BCUT2D eigenvalue weighted by Gasteiger charge is 2.26. The summed E-state index contributed by atoms with van der Waals surface area (Å²) in [6.45, 7) is 0.814. The molecule has 0 bridgehead atoms. The maximum absolute atomic E-state index is 13.6. The van der Waals surface area contributed by atoms with Gasteiger partial charge in [0, 0.05) is 12.1 Å². The zero-order chi connectivity index (χ0) is 18.8. The third-order valence-electron chi connectivity index (χ3n) is 5.00. The Hall–Kier alpha value is -2.91. The molecule has 1 aliphatic heterocycles. The van der Waals surface area contributed by atoms with Crippen LogP contribution in [0.2, 0.25) is 0 Å². The van der Waals surface area contributed by atoms with Gasteiger partial charge in [-0.15, -0.1) is 0 Å². The lowest BCUT2D eigenvalue weighted by molar-refractivity contribution is 0.0999. The Bertz CT molecular complexity index is 930. The number of carbonyl (C=O) groups is 1. The Morgan fingerprint density at radius 1 is 0.852 bits per heavy atom. The SMILES string of the molecule is CN(C)Cc1cccc(C(=O)N2c3ccccc3CCc3ccccc32)c1. The average molecular weight is 356 g/mol. The van der Waals surface area contributed by atoms with Gasteiger partial charge in [0.15, 0.2) is 0 Å². The Balaban J connectivity index is 1.82. The fourth-order valence-electron chi connectivity index (χ4n) is 3.80. The molecule has 0 radical (unpaired) electrons. The maximum Gasteiger partial charge on any atom is 0.262 e. The Morgan fingerprint density at radius 2 is 1.44 bits per heavy atom. The molecular formula is C24H24N2O. The number of fused-ring (bicyclic) bond motifs is 2. The molecule has 4 rings (SSSR count). The van der Waals surface area contributed by atoms with Crippen LogP contribution in [0.25, 0.3) is 0 Å². The van der Waals surface area contributed by atoms with Crippen LogP contribution < -0.4 is 4.90 Å². The van der Waals surface area contributed by atoms with Crippen molar-refractivity contribution in [3.05, 3.63) is 95.1 Å². The van der Waals surface area contributed by atoms with Crippen molar-refractivity contribution in [1.82, 2.24) is 4.90 Å². The number of hydrogen-bond acceptors (Lipinski definition) is 2. The second-order valence-electron chi connectivity index (χ2n) is 7.34. The normalized spacial score (nSPS) is 13.1. The van der Waals surface area contributed by atoms with Crippen molar-refractivity contribution in [2.45, 2.75) is 19.4 Å². The molecule has 0 saturated heterocycles. The molecule has 1 aliphatic rings. The first-order chi connectivity index (χ1) is 13.1. The first-order valence-electron chi connectivity index (χ1n) is 9.37. The minimum atomic E-state index is 0.0254. The highest BCUT2D eigenvalue weighted by Crippen LogP contribution is 2.37. The van der Waals surface area contributed by atoms with Gasteiger partial charge in [-0.3, -0.25) is 9.69 Å². The Kier molecular flexibility index (Phi) is 4.78. The van der Waals surface area contributed by atoms with Crippen molar-refractivity contribution in [3.8, 4) is 0 Å². The predicted molar refractivity (Wildman–Crippen MR) is 111 cm³/mol. The van der Waals surface area contributed by atoms with Gasteiger partial charge in [0.05, 0.1) is 11.4 Å². The largest absolute Gasteiger partial charge is 0.305 e. The zero-order valence-corrected chi connectivity index (χ0v) is 15.9. The summed E-state index contributed by atoms with van der Waals surface area (Å²) in [5.74, 6) is 0.0254. The molecule has 1 heterocycles. The van der Waals surface area contributed by atoms with E-state index in [-0.39, 0.29) is 5.91 Å².